The first-order valence-electron chi connectivity index (χ1n) is 10.9. The third-order valence-corrected chi connectivity index (χ3v) is 6.22. The largest absolute Gasteiger partial charge is 0.496 e. The van der Waals surface area contributed by atoms with E-state index in [1.807, 2.05) is 47.4 Å². The van der Waals surface area contributed by atoms with E-state index >= 15 is 0 Å². The monoisotopic (exact) mass is 406 g/mol. The lowest BCUT2D eigenvalue weighted by Crippen LogP contribution is -2.48. The van der Waals surface area contributed by atoms with E-state index in [-0.39, 0.29) is 29.6 Å². The van der Waals surface area contributed by atoms with Crippen molar-refractivity contribution in [3.63, 3.8) is 0 Å². The Morgan fingerprint density at radius 3 is 2.47 bits per heavy atom. The molecule has 2 aromatic carbocycles. The molecule has 1 N–H and O–H groups in total. The van der Waals surface area contributed by atoms with Gasteiger partial charge in [0.15, 0.2) is 0 Å². The highest BCUT2D eigenvalue weighted by Gasteiger charge is 2.39. The van der Waals surface area contributed by atoms with E-state index in [4.69, 9.17) is 4.74 Å². The molecule has 2 amide bonds. The van der Waals surface area contributed by atoms with Gasteiger partial charge in [0.2, 0.25) is 11.8 Å². The summed E-state index contributed by atoms with van der Waals surface area (Å²) in [4.78, 5) is 27.7. The van der Waals surface area contributed by atoms with Gasteiger partial charge in [-0.05, 0) is 42.9 Å². The van der Waals surface area contributed by atoms with Crippen LogP contribution in [0.15, 0.2) is 54.6 Å². The first kappa shape index (κ1) is 20.5. The van der Waals surface area contributed by atoms with Crippen molar-refractivity contribution in [3.05, 3.63) is 65.7 Å². The van der Waals surface area contributed by atoms with Gasteiger partial charge in [-0.1, -0.05) is 48.5 Å². The molecule has 0 spiro atoms. The molecular formula is C25H30N2O3. The lowest BCUT2D eigenvalue weighted by Gasteiger charge is -2.37. The molecule has 0 unspecified atom stereocenters. The van der Waals surface area contributed by atoms with Crippen molar-refractivity contribution in [2.45, 2.75) is 31.6 Å². The second kappa shape index (κ2) is 9.33. The Morgan fingerprint density at radius 2 is 1.73 bits per heavy atom. The number of nitrogens with one attached hydrogen (secondary N) is 1. The predicted octanol–water partition coefficient (Wildman–Crippen LogP) is 3.40. The van der Waals surface area contributed by atoms with Gasteiger partial charge in [-0.2, -0.15) is 0 Å². The highest BCUT2D eigenvalue weighted by atomic mass is 16.5. The van der Waals surface area contributed by atoms with E-state index in [9.17, 15) is 9.59 Å². The molecule has 1 saturated heterocycles. The van der Waals surface area contributed by atoms with Crippen molar-refractivity contribution < 1.29 is 14.3 Å². The molecule has 2 fully saturated rings. The Bertz CT molecular complexity index is 879. The maximum absolute atomic E-state index is 13.0. The van der Waals surface area contributed by atoms with Crippen molar-refractivity contribution in [2.24, 2.45) is 11.8 Å². The van der Waals surface area contributed by atoms with Crippen LogP contribution >= 0.6 is 0 Å². The van der Waals surface area contributed by atoms with Crippen LogP contribution in [0.2, 0.25) is 0 Å². The highest BCUT2D eigenvalue weighted by Crippen LogP contribution is 2.36. The number of methoxy groups -OCH3 is 1. The quantitative estimate of drug-likeness (QED) is 0.767. The Hall–Kier alpha value is -2.82. The summed E-state index contributed by atoms with van der Waals surface area (Å²) in [6, 6.07) is 18.1. The Labute approximate surface area is 178 Å². The van der Waals surface area contributed by atoms with Crippen molar-refractivity contribution in [1.29, 1.82) is 0 Å². The van der Waals surface area contributed by atoms with Gasteiger partial charge in [0, 0.05) is 31.5 Å². The van der Waals surface area contributed by atoms with E-state index in [2.05, 4.69) is 17.4 Å². The zero-order valence-corrected chi connectivity index (χ0v) is 17.5. The zero-order valence-electron chi connectivity index (χ0n) is 17.5. The number of piperidine rings is 1. The van der Waals surface area contributed by atoms with Gasteiger partial charge < -0.3 is 15.0 Å². The van der Waals surface area contributed by atoms with Crippen molar-refractivity contribution in [2.75, 3.05) is 26.7 Å². The fraction of sp³-hybridized carbons (Fsp3) is 0.440. The fourth-order valence-corrected chi connectivity index (χ4v) is 4.40. The van der Waals surface area contributed by atoms with Crippen molar-refractivity contribution in [3.8, 4) is 5.75 Å². The number of rotatable bonds is 7. The summed E-state index contributed by atoms with van der Waals surface area (Å²) < 4.78 is 5.39. The van der Waals surface area contributed by atoms with Gasteiger partial charge in [-0.15, -0.1) is 0 Å². The topological polar surface area (TPSA) is 58.6 Å². The number of benzene rings is 2. The van der Waals surface area contributed by atoms with Crippen LogP contribution in [-0.2, 0) is 16.0 Å². The Kier molecular flexibility index (Phi) is 6.36. The maximum Gasteiger partial charge on any atom is 0.225 e. The van der Waals surface area contributed by atoms with Crippen LogP contribution in [0.3, 0.4) is 0 Å². The minimum Gasteiger partial charge on any atom is -0.496 e. The third-order valence-electron chi connectivity index (χ3n) is 6.22. The Balaban J connectivity index is 1.40. The third kappa shape index (κ3) is 4.84. The number of ether oxygens (including phenoxy) is 1. The standard InChI is InChI=1S/C25H30N2O3/c1-30-23-10-6-5-9-19(23)13-14-26-24(28)22-15-21(18-7-3-2-4-8-18)16-27(17-22)25(29)20-11-12-20/h2-10,20-22H,11-17H2,1H3,(H,26,28)/t21-,22+/m0/s1. The van der Waals surface area contributed by atoms with Crippen LogP contribution in [-0.4, -0.2) is 43.5 Å². The molecule has 1 aliphatic heterocycles. The second-order valence-corrected chi connectivity index (χ2v) is 8.41. The van der Waals surface area contributed by atoms with E-state index in [0.717, 1.165) is 37.0 Å². The van der Waals surface area contributed by atoms with E-state index in [1.54, 1.807) is 7.11 Å². The average molecular weight is 407 g/mol. The van der Waals surface area contributed by atoms with E-state index in [1.165, 1.54) is 5.56 Å². The van der Waals surface area contributed by atoms with Gasteiger partial charge in [-0.3, -0.25) is 9.59 Å². The van der Waals surface area contributed by atoms with Crippen LogP contribution in [0, 0.1) is 11.8 Å². The molecule has 1 aliphatic carbocycles. The molecule has 1 saturated carbocycles. The molecule has 1 heterocycles. The molecule has 0 radical (unpaired) electrons. The normalized spacial score (nSPS) is 21.2. The summed E-state index contributed by atoms with van der Waals surface area (Å²) >= 11 is 0. The molecular weight excluding hydrogens is 376 g/mol. The first-order valence-corrected chi connectivity index (χ1v) is 10.9. The molecule has 5 heteroatoms. The summed E-state index contributed by atoms with van der Waals surface area (Å²) in [5.41, 5.74) is 2.29. The first-order chi connectivity index (χ1) is 14.7. The number of hydrogen-bond acceptors (Lipinski definition) is 3. The molecule has 0 bridgehead atoms. The maximum atomic E-state index is 13.0. The van der Waals surface area contributed by atoms with E-state index < -0.39 is 0 Å². The molecule has 2 aliphatic rings. The van der Waals surface area contributed by atoms with E-state index in [0.29, 0.717) is 19.6 Å². The number of likely N-dealkylation sites (tertiary alicyclic amines) is 1. The van der Waals surface area contributed by atoms with Crippen molar-refractivity contribution >= 4 is 11.8 Å². The lowest BCUT2D eigenvalue weighted by atomic mass is 9.84. The predicted molar refractivity (Wildman–Crippen MR) is 116 cm³/mol. The number of amides is 2. The van der Waals surface area contributed by atoms with Gasteiger partial charge in [-0.25, -0.2) is 0 Å². The summed E-state index contributed by atoms with van der Waals surface area (Å²) in [7, 11) is 1.66. The summed E-state index contributed by atoms with van der Waals surface area (Å²) in [5.74, 6) is 1.31. The number of carbonyl (C=O) groups excluding carboxylic acids is 2. The minimum atomic E-state index is -0.177. The molecule has 30 heavy (non-hydrogen) atoms. The van der Waals surface area contributed by atoms with Crippen LogP contribution in [0.5, 0.6) is 5.75 Å². The van der Waals surface area contributed by atoms with Crippen LogP contribution in [0.1, 0.15) is 36.3 Å². The number of nitrogens with zero attached hydrogens (tertiary/aromatic N) is 1. The fourth-order valence-electron chi connectivity index (χ4n) is 4.40. The van der Waals surface area contributed by atoms with Crippen LogP contribution < -0.4 is 10.1 Å². The highest BCUT2D eigenvalue weighted by molar-refractivity contribution is 5.83. The lowest BCUT2D eigenvalue weighted by molar-refractivity contribution is -0.137. The summed E-state index contributed by atoms with van der Waals surface area (Å²) in [5, 5.41) is 3.10. The van der Waals surface area contributed by atoms with Gasteiger partial charge >= 0.3 is 0 Å². The zero-order chi connectivity index (χ0) is 20.9. The molecule has 4 rings (SSSR count). The molecule has 2 aromatic rings. The SMILES string of the molecule is COc1ccccc1CCNC(=O)[C@@H]1C[C@H](c2ccccc2)CN(C(=O)C2CC2)C1. The van der Waals surface area contributed by atoms with Crippen LogP contribution in [0.25, 0.3) is 0 Å². The number of para-hydroxylation sites is 1. The average Bonchev–Trinajstić information content (AvgIpc) is 3.64. The van der Waals surface area contributed by atoms with Crippen molar-refractivity contribution in [1.82, 2.24) is 10.2 Å². The van der Waals surface area contributed by atoms with Gasteiger partial charge in [0.25, 0.3) is 0 Å². The molecule has 2 atom stereocenters. The number of carbonyl (C=O) groups is 2. The summed E-state index contributed by atoms with van der Waals surface area (Å²) in [6.45, 7) is 1.80. The Morgan fingerprint density at radius 1 is 1.00 bits per heavy atom. The minimum absolute atomic E-state index is 0.0409. The van der Waals surface area contributed by atoms with Gasteiger partial charge in [0.05, 0.1) is 13.0 Å². The van der Waals surface area contributed by atoms with Gasteiger partial charge in [0.1, 0.15) is 5.75 Å². The van der Waals surface area contributed by atoms with Crippen LogP contribution in [0.4, 0.5) is 0 Å². The molecule has 5 nitrogen and oxygen atoms in total. The second-order valence-electron chi connectivity index (χ2n) is 8.41. The summed E-state index contributed by atoms with van der Waals surface area (Å²) in [6.07, 6.45) is 3.47. The number of hydrogen-bond donors (Lipinski definition) is 1. The molecule has 0 aromatic heterocycles. The smallest absolute Gasteiger partial charge is 0.225 e. The molecule has 158 valence electrons.